The van der Waals surface area contributed by atoms with Crippen LogP contribution in [-0.2, 0) is 13.1 Å². The highest BCUT2D eigenvalue weighted by Gasteiger charge is 2.21. The second-order valence-electron chi connectivity index (χ2n) is 6.69. The Morgan fingerprint density at radius 3 is 2.88 bits per heavy atom. The Balaban J connectivity index is 1.54. The number of carbonyl (C=O) groups excluding carboxylic acids is 1. The molecule has 1 aliphatic rings. The third kappa shape index (κ3) is 3.13. The van der Waals surface area contributed by atoms with Crippen LogP contribution in [-0.4, -0.2) is 44.0 Å². The van der Waals surface area contributed by atoms with Gasteiger partial charge in [0.2, 0.25) is 0 Å². The summed E-state index contributed by atoms with van der Waals surface area (Å²) in [5.41, 5.74) is 3.51. The lowest BCUT2D eigenvalue weighted by Gasteiger charge is -2.22. The van der Waals surface area contributed by atoms with E-state index in [1.165, 1.54) is 0 Å². The van der Waals surface area contributed by atoms with E-state index < -0.39 is 0 Å². The van der Waals surface area contributed by atoms with Crippen LogP contribution >= 0.6 is 0 Å². The van der Waals surface area contributed by atoms with E-state index in [9.17, 15) is 4.79 Å². The Bertz CT molecular complexity index is 914. The first kappa shape index (κ1) is 16.5. The minimum absolute atomic E-state index is 0.155. The molecule has 26 heavy (non-hydrogen) atoms. The molecule has 4 rings (SSSR count). The summed E-state index contributed by atoms with van der Waals surface area (Å²) in [5, 5.41) is 11.8. The molecule has 0 bridgehead atoms. The van der Waals surface area contributed by atoms with Crippen LogP contribution < -0.4 is 5.32 Å². The minimum Gasteiger partial charge on any atom is -0.344 e. The molecule has 134 valence electrons. The van der Waals surface area contributed by atoms with Crippen LogP contribution in [0, 0.1) is 0 Å². The lowest BCUT2D eigenvalue weighted by Crippen LogP contribution is -2.30. The molecule has 0 saturated heterocycles. The number of amides is 1. The monoisotopic (exact) mass is 350 g/mol. The van der Waals surface area contributed by atoms with Crippen molar-refractivity contribution in [3.63, 3.8) is 0 Å². The van der Waals surface area contributed by atoms with Crippen LogP contribution in [0.4, 0.5) is 0 Å². The van der Waals surface area contributed by atoms with Crippen LogP contribution in [0.5, 0.6) is 0 Å². The average Bonchev–Trinajstić information content (AvgIpc) is 3.31. The van der Waals surface area contributed by atoms with Crippen molar-refractivity contribution in [2.24, 2.45) is 0 Å². The van der Waals surface area contributed by atoms with E-state index in [1.54, 1.807) is 6.20 Å². The van der Waals surface area contributed by atoms with E-state index >= 15 is 0 Å². The van der Waals surface area contributed by atoms with Gasteiger partial charge in [-0.25, -0.2) is 4.68 Å². The Labute approximate surface area is 152 Å². The maximum atomic E-state index is 12.7. The first-order valence-corrected chi connectivity index (χ1v) is 8.77. The Hall–Kier alpha value is -2.93. The van der Waals surface area contributed by atoms with Crippen molar-refractivity contribution in [3.05, 3.63) is 65.7 Å². The molecule has 7 heteroatoms. The highest BCUT2D eigenvalue weighted by molar-refractivity contribution is 5.92. The molecular weight excluding hydrogens is 328 g/mol. The summed E-state index contributed by atoms with van der Waals surface area (Å²) in [4.78, 5) is 14.9. The van der Waals surface area contributed by atoms with Crippen molar-refractivity contribution in [1.82, 2.24) is 29.8 Å². The van der Waals surface area contributed by atoms with Gasteiger partial charge in [0.25, 0.3) is 5.91 Å². The zero-order valence-corrected chi connectivity index (χ0v) is 15.0. The summed E-state index contributed by atoms with van der Waals surface area (Å²) in [7, 11) is 2.07. The van der Waals surface area contributed by atoms with Crippen LogP contribution in [0.15, 0.2) is 48.8 Å². The summed E-state index contributed by atoms with van der Waals surface area (Å²) in [6.07, 6.45) is 3.64. The molecule has 1 aliphatic heterocycles. The van der Waals surface area contributed by atoms with Gasteiger partial charge in [-0.2, -0.15) is 10.2 Å². The van der Waals surface area contributed by atoms with E-state index in [4.69, 9.17) is 0 Å². The van der Waals surface area contributed by atoms with Gasteiger partial charge in [0, 0.05) is 25.5 Å². The van der Waals surface area contributed by atoms with Crippen LogP contribution in [0.1, 0.15) is 34.7 Å². The number of nitrogens with one attached hydrogen (secondary N) is 1. The molecule has 1 amide bonds. The standard InChI is InChI=1S/C19H22N6O/c1-14(16-6-3-4-7-18(16)25-9-5-8-20-25)21-19(26)17-12-15-13-23(2)10-11-24(15)22-17/h3-9,12,14H,10-11,13H2,1-2H3,(H,21,26)/t14-/m0/s1. The molecule has 1 N–H and O–H groups in total. The summed E-state index contributed by atoms with van der Waals surface area (Å²) in [5.74, 6) is -0.155. The zero-order chi connectivity index (χ0) is 18.1. The van der Waals surface area contributed by atoms with Crippen LogP contribution in [0.25, 0.3) is 5.69 Å². The molecule has 1 atom stereocenters. The summed E-state index contributed by atoms with van der Waals surface area (Å²) in [6, 6.07) is 11.5. The Morgan fingerprint density at radius 1 is 1.23 bits per heavy atom. The largest absolute Gasteiger partial charge is 0.344 e. The molecular formula is C19H22N6O. The third-order valence-electron chi connectivity index (χ3n) is 4.72. The Morgan fingerprint density at radius 2 is 2.08 bits per heavy atom. The average molecular weight is 350 g/mol. The molecule has 0 saturated carbocycles. The predicted octanol–water partition coefficient (Wildman–Crippen LogP) is 2.01. The summed E-state index contributed by atoms with van der Waals surface area (Å²) >= 11 is 0. The van der Waals surface area contributed by atoms with Gasteiger partial charge in [0.1, 0.15) is 0 Å². The molecule has 0 spiro atoms. The van der Waals surface area contributed by atoms with Gasteiger partial charge < -0.3 is 5.32 Å². The fraction of sp³-hybridized carbons (Fsp3) is 0.316. The molecule has 2 aromatic heterocycles. The maximum Gasteiger partial charge on any atom is 0.272 e. The van der Waals surface area contributed by atoms with Crippen LogP contribution in [0.2, 0.25) is 0 Å². The predicted molar refractivity (Wildman–Crippen MR) is 98.0 cm³/mol. The fourth-order valence-corrected chi connectivity index (χ4v) is 3.33. The molecule has 1 aromatic carbocycles. The number of para-hydroxylation sites is 1. The van der Waals surface area contributed by atoms with Gasteiger partial charge in [0.05, 0.1) is 24.0 Å². The summed E-state index contributed by atoms with van der Waals surface area (Å²) < 4.78 is 3.74. The smallest absolute Gasteiger partial charge is 0.272 e. The summed E-state index contributed by atoms with van der Waals surface area (Å²) in [6.45, 7) is 4.56. The number of benzene rings is 1. The molecule has 0 fully saturated rings. The zero-order valence-electron chi connectivity index (χ0n) is 15.0. The Kier molecular flexibility index (Phi) is 4.30. The molecule has 3 heterocycles. The van der Waals surface area contributed by atoms with E-state index in [0.717, 1.165) is 36.6 Å². The third-order valence-corrected chi connectivity index (χ3v) is 4.72. The van der Waals surface area contributed by atoms with E-state index in [0.29, 0.717) is 5.69 Å². The second kappa shape index (κ2) is 6.76. The first-order valence-electron chi connectivity index (χ1n) is 8.77. The molecule has 3 aromatic rings. The van der Waals surface area contributed by atoms with Gasteiger partial charge in [0.15, 0.2) is 5.69 Å². The number of likely N-dealkylation sites (N-methyl/N-ethyl adjacent to an activating group) is 1. The van der Waals surface area contributed by atoms with Crippen molar-refractivity contribution in [3.8, 4) is 5.69 Å². The van der Waals surface area contributed by atoms with Gasteiger partial charge in [-0.3, -0.25) is 14.4 Å². The van der Waals surface area contributed by atoms with E-state index in [2.05, 4.69) is 27.5 Å². The molecule has 7 nitrogen and oxygen atoms in total. The van der Waals surface area contributed by atoms with Gasteiger partial charge in [-0.15, -0.1) is 0 Å². The lowest BCUT2D eigenvalue weighted by atomic mass is 10.1. The molecule has 0 unspecified atom stereocenters. The van der Waals surface area contributed by atoms with E-state index in [-0.39, 0.29) is 11.9 Å². The van der Waals surface area contributed by atoms with Crippen molar-refractivity contribution in [2.75, 3.05) is 13.6 Å². The number of carbonyl (C=O) groups is 1. The quantitative estimate of drug-likeness (QED) is 0.781. The number of rotatable bonds is 4. The van der Waals surface area contributed by atoms with Crippen LogP contribution in [0.3, 0.4) is 0 Å². The number of hydrogen-bond acceptors (Lipinski definition) is 4. The van der Waals surface area contributed by atoms with Gasteiger partial charge in [-0.1, -0.05) is 18.2 Å². The molecule has 0 radical (unpaired) electrons. The van der Waals surface area contributed by atoms with Crippen molar-refractivity contribution >= 4 is 5.91 Å². The van der Waals surface area contributed by atoms with Crippen molar-refractivity contribution in [1.29, 1.82) is 0 Å². The number of hydrogen-bond donors (Lipinski definition) is 1. The topological polar surface area (TPSA) is 68.0 Å². The number of nitrogens with zero attached hydrogens (tertiary/aromatic N) is 5. The fourth-order valence-electron chi connectivity index (χ4n) is 3.33. The highest BCUT2D eigenvalue weighted by atomic mass is 16.2. The van der Waals surface area contributed by atoms with Gasteiger partial charge >= 0.3 is 0 Å². The highest BCUT2D eigenvalue weighted by Crippen LogP contribution is 2.21. The number of aromatic nitrogens is 4. The maximum absolute atomic E-state index is 12.7. The second-order valence-corrected chi connectivity index (χ2v) is 6.69. The van der Waals surface area contributed by atoms with Crippen molar-refractivity contribution < 1.29 is 4.79 Å². The number of fused-ring (bicyclic) bond motifs is 1. The SMILES string of the molecule is C[C@H](NC(=O)c1cc2n(n1)CCN(C)C2)c1ccccc1-n1cccn1. The van der Waals surface area contributed by atoms with Gasteiger partial charge in [-0.05, 0) is 37.7 Å². The van der Waals surface area contributed by atoms with Crippen molar-refractivity contribution in [2.45, 2.75) is 26.1 Å². The minimum atomic E-state index is -0.163. The lowest BCUT2D eigenvalue weighted by molar-refractivity contribution is 0.0934. The van der Waals surface area contributed by atoms with E-state index in [1.807, 2.05) is 58.9 Å². The normalized spacial score (nSPS) is 15.5. The molecule has 0 aliphatic carbocycles. The first-order chi connectivity index (χ1) is 12.6.